The van der Waals surface area contributed by atoms with Crippen molar-refractivity contribution in [2.24, 2.45) is 29.6 Å². The Labute approximate surface area is 169 Å². The highest BCUT2D eigenvalue weighted by Crippen LogP contribution is 2.43. The van der Waals surface area contributed by atoms with E-state index in [0.717, 1.165) is 63.6 Å². The quantitative estimate of drug-likeness (QED) is 0.346. The summed E-state index contributed by atoms with van der Waals surface area (Å²) in [6.45, 7) is 5.27. The van der Waals surface area contributed by atoms with Gasteiger partial charge in [0.25, 0.3) is 6.08 Å². The Morgan fingerprint density at radius 1 is 0.786 bits per heavy atom. The standard InChI is InChI=1S/C24H36F2O2/c1-2-3-4-5-6-19-16-27-24(28-17-19)22-13-11-21(12-14-22)20-9-7-18(8-10-20)15-23(25)26/h2,5-6,15,18-22,24H,1,3-4,7-14,16-17H2. The molecule has 1 aliphatic heterocycles. The molecule has 1 saturated heterocycles. The van der Waals surface area contributed by atoms with Crippen molar-refractivity contribution >= 4 is 0 Å². The van der Waals surface area contributed by atoms with Crippen LogP contribution in [0.15, 0.2) is 37.0 Å². The van der Waals surface area contributed by atoms with E-state index in [-0.39, 0.29) is 12.2 Å². The zero-order valence-corrected chi connectivity index (χ0v) is 17.0. The molecule has 0 atom stereocenters. The van der Waals surface area contributed by atoms with Gasteiger partial charge in [-0.2, -0.15) is 8.78 Å². The van der Waals surface area contributed by atoms with Crippen LogP contribution in [0.4, 0.5) is 8.78 Å². The SMILES string of the molecule is C=CCCC=CC1COC(C2CCC(C3CCC(C=C(F)F)CC3)CC2)OC1. The Morgan fingerprint density at radius 3 is 1.93 bits per heavy atom. The van der Waals surface area contributed by atoms with Crippen LogP contribution in [0.25, 0.3) is 0 Å². The first kappa shape index (κ1) is 21.7. The van der Waals surface area contributed by atoms with Crippen LogP contribution >= 0.6 is 0 Å². The average Bonchev–Trinajstić information content (AvgIpc) is 2.72. The predicted molar refractivity (Wildman–Crippen MR) is 109 cm³/mol. The van der Waals surface area contributed by atoms with Crippen LogP contribution < -0.4 is 0 Å². The summed E-state index contributed by atoms with van der Waals surface area (Å²) < 4.78 is 37.0. The minimum atomic E-state index is -1.51. The lowest BCUT2D eigenvalue weighted by Gasteiger charge is -2.40. The molecular formula is C24H36F2O2. The summed E-state index contributed by atoms with van der Waals surface area (Å²) >= 11 is 0. The summed E-state index contributed by atoms with van der Waals surface area (Å²) in [5.41, 5.74) is 0. The highest BCUT2D eigenvalue weighted by atomic mass is 19.3. The smallest absolute Gasteiger partial charge is 0.266 e. The monoisotopic (exact) mass is 394 g/mol. The van der Waals surface area contributed by atoms with E-state index in [1.807, 2.05) is 6.08 Å². The second-order valence-corrected chi connectivity index (χ2v) is 8.90. The first-order chi connectivity index (χ1) is 13.7. The third kappa shape index (κ3) is 6.52. The van der Waals surface area contributed by atoms with Gasteiger partial charge in [0, 0.05) is 11.8 Å². The molecule has 0 N–H and O–H groups in total. The van der Waals surface area contributed by atoms with Crippen LogP contribution in [-0.2, 0) is 9.47 Å². The molecule has 0 unspecified atom stereocenters. The number of allylic oxidation sites excluding steroid dienone is 3. The minimum Gasteiger partial charge on any atom is -0.352 e. The van der Waals surface area contributed by atoms with Crippen molar-refractivity contribution in [1.29, 1.82) is 0 Å². The van der Waals surface area contributed by atoms with Gasteiger partial charge in [-0.1, -0.05) is 18.2 Å². The van der Waals surface area contributed by atoms with Gasteiger partial charge in [0.05, 0.1) is 13.2 Å². The molecule has 3 rings (SSSR count). The molecule has 3 aliphatic rings. The fraction of sp³-hybridized carbons (Fsp3) is 0.750. The normalized spacial score (nSPS) is 36.9. The van der Waals surface area contributed by atoms with Crippen molar-refractivity contribution in [2.45, 2.75) is 70.5 Å². The van der Waals surface area contributed by atoms with Gasteiger partial charge in [0.15, 0.2) is 6.29 Å². The van der Waals surface area contributed by atoms with Gasteiger partial charge in [0.2, 0.25) is 0 Å². The number of halogens is 2. The summed E-state index contributed by atoms with van der Waals surface area (Å²) in [6, 6.07) is 0. The molecule has 0 spiro atoms. The molecule has 4 heteroatoms. The fourth-order valence-corrected chi connectivity index (χ4v) is 5.27. The van der Waals surface area contributed by atoms with E-state index in [9.17, 15) is 8.78 Å². The lowest BCUT2D eigenvalue weighted by atomic mass is 9.69. The van der Waals surface area contributed by atoms with Crippen LogP contribution in [0.2, 0.25) is 0 Å². The average molecular weight is 395 g/mol. The Morgan fingerprint density at radius 2 is 1.36 bits per heavy atom. The highest BCUT2D eigenvalue weighted by molar-refractivity contribution is 4.93. The molecule has 0 aromatic heterocycles. The molecular weight excluding hydrogens is 358 g/mol. The maximum atomic E-state index is 12.4. The Bertz CT molecular complexity index is 517. The van der Waals surface area contributed by atoms with Gasteiger partial charge >= 0.3 is 0 Å². The molecule has 0 aromatic carbocycles. The Hall–Kier alpha value is -1.00. The Balaban J connectivity index is 1.34. The number of rotatable bonds is 7. The molecule has 0 radical (unpaired) electrons. The van der Waals surface area contributed by atoms with Crippen LogP contribution in [0.3, 0.4) is 0 Å². The van der Waals surface area contributed by atoms with Gasteiger partial charge in [-0.05, 0) is 88.0 Å². The van der Waals surface area contributed by atoms with E-state index in [0.29, 0.717) is 11.8 Å². The first-order valence-electron chi connectivity index (χ1n) is 11.2. The maximum Gasteiger partial charge on any atom is 0.266 e. The molecule has 2 aliphatic carbocycles. The molecule has 3 fully saturated rings. The van der Waals surface area contributed by atoms with Crippen molar-refractivity contribution in [3.05, 3.63) is 37.0 Å². The van der Waals surface area contributed by atoms with Crippen LogP contribution in [0.5, 0.6) is 0 Å². The third-order valence-corrected chi connectivity index (χ3v) is 6.94. The molecule has 158 valence electrons. The number of unbranched alkanes of at least 4 members (excludes halogenated alkanes) is 1. The predicted octanol–water partition coefficient (Wildman–Crippen LogP) is 6.89. The zero-order chi connectivity index (χ0) is 19.8. The topological polar surface area (TPSA) is 18.5 Å². The number of ether oxygens (including phenoxy) is 2. The van der Waals surface area contributed by atoms with E-state index in [2.05, 4.69) is 18.7 Å². The highest BCUT2D eigenvalue weighted by Gasteiger charge is 2.35. The summed E-state index contributed by atoms with van der Waals surface area (Å²) in [5.74, 6) is 2.48. The summed E-state index contributed by atoms with van der Waals surface area (Å²) in [4.78, 5) is 0. The molecule has 0 bridgehead atoms. The minimum absolute atomic E-state index is 0.0350. The van der Waals surface area contributed by atoms with Gasteiger partial charge in [-0.3, -0.25) is 0 Å². The second kappa shape index (κ2) is 11.3. The van der Waals surface area contributed by atoms with Crippen LogP contribution in [-0.4, -0.2) is 19.5 Å². The van der Waals surface area contributed by atoms with E-state index in [1.165, 1.54) is 31.8 Å². The van der Waals surface area contributed by atoms with Crippen molar-refractivity contribution < 1.29 is 18.3 Å². The number of hydrogen-bond donors (Lipinski definition) is 0. The first-order valence-corrected chi connectivity index (χ1v) is 11.2. The van der Waals surface area contributed by atoms with Gasteiger partial charge in [-0.15, -0.1) is 6.58 Å². The molecule has 0 aromatic rings. The Kier molecular flexibility index (Phi) is 8.72. The maximum absolute atomic E-state index is 12.4. The van der Waals surface area contributed by atoms with Gasteiger partial charge < -0.3 is 9.47 Å². The van der Waals surface area contributed by atoms with Crippen LogP contribution in [0, 0.1) is 29.6 Å². The van der Waals surface area contributed by atoms with Crippen molar-refractivity contribution in [1.82, 2.24) is 0 Å². The van der Waals surface area contributed by atoms with E-state index in [4.69, 9.17) is 9.47 Å². The lowest BCUT2D eigenvalue weighted by Crippen LogP contribution is -2.38. The molecule has 1 heterocycles. The molecule has 0 amide bonds. The zero-order valence-electron chi connectivity index (χ0n) is 17.0. The van der Waals surface area contributed by atoms with Crippen molar-refractivity contribution in [3.8, 4) is 0 Å². The molecule has 2 nitrogen and oxygen atoms in total. The summed E-state index contributed by atoms with van der Waals surface area (Å²) in [6.07, 6.45) is 17.0. The largest absolute Gasteiger partial charge is 0.352 e. The molecule has 28 heavy (non-hydrogen) atoms. The summed E-state index contributed by atoms with van der Waals surface area (Å²) in [7, 11) is 0. The van der Waals surface area contributed by atoms with Crippen molar-refractivity contribution in [2.75, 3.05) is 13.2 Å². The second-order valence-electron chi connectivity index (χ2n) is 8.90. The third-order valence-electron chi connectivity index (χ3n) is 6.94. The fourth-order valence-electron chi connectivity index (χ4n) is 5.27. The van der Waals surface area contributed by atoms with Crippen LogP contribution in [0.1, 0.15) is 64.2 Å². The lowest BCUT2D eigenvalue weighted by molar-refractivity contribution is -0.223. The van der Waals surface area contributed by atoms with Gasteiger partial charge in [-0.25, -0.2) is 0 Å². The number of hydrogen-bond acceptors (Lipinski definition) is 2. The van der Waals surface area contributed by atoms with E-state index >= 15 is 0 Å². The summed E-state index contributed by atoms with van der Waals surface area (Å²) in [5, 5.41) is 0. The molecule has 2 saturated carbocycles. The van der Waals surface area contributed by atoms with E-state index < -0.39 is 6.08 Å². The van der Waals surface area contributed by atoms with E-state index in [1.54, 1.807) is 0 Å². The van der Waals surface area contributed by atoms with Crippen molar-refractivity contribution in [3.63, 3.8) is 0 Å². The van der Waals surface area contributed by atoms with Gasteiger partial charge in [0.1, 0.15) is 0 Å².